The van der Waals surface area contributed by atoms with Crippen LogP contribution in [0.5, 0.6) is 5.75 Å². The molecule has 232 valence electrons. The lowest BCUT2D eigenvalue weighted by Gasteiger charge is -2.38. The van der Waals surface area contributed by atoms with E-state index >= 15 is 0 Å². The zero-order valence-electron chi connectivity index (χ0n) is 24.3. The molecule has 0 amide bonds. The zero-order chi connectivity index (χ0) is 30.7. The zero-order valence-corrected chi connectivity index (χ0v) is 25.9. The summed E-state index contributed by atoms with van der Waals surface area (Å²) < 4.78 is 66.6. The van der Waals surface area contributed by atoms with Crippen LogP contribution in [-0.4, -0.2) is 88.9 Å². The Morgan fingerprint density at radius 3 is 2.51 bits per heavy atom. The number of nitrogens with zero attached hydrogens (tertiary/aromatic N) is 2. The molecule has 3 N–H and O–H groups in total. The van der Waals surface area contributed by atoms with E-state index in [1.54, 1.807) is 36.5 Å². The summed E-state index contributed by atoms with van der Waals surface area (Å²) in [5, 5.41) is 13.8. The minimum absolute atomic E-state index is 0.0107. The molecule has 2 fully saturated rings. The second kappa shape index (κ2) is 13.0. The second-order valence-electron chi connectivity index (χ2n) is 11.1. The van der Waals surface area contributed by atoms with Crippen LogP contribution in [0.15, 0.2) is 76.7 Å². The van der Waals surface area contributed by atoms with Crippen LogP contribution in [0, 0.1) is 6.92 Å². The number of aliphatic hydroxyl groups excluding tert-OH is 1. The number of hydrogen-bond acceptors (Lipinski definition) is 9. The molecule has 0 aliphatic carbocycles. The molecule has 0 bridgehead atoms. The Morgan fingerprint density at radius 2 is 1.79 bits per heavy atom. The van der Waals surface area contributed by atoms with Gasteiger partial charge in [-0.15, -0.1) is 0 Å². The van der Waals surface area contributed by atoms with Gasteiger partial charge >= 0.3 is 0 Å². The summed E-state index contributed by atoms with van der Waals surface area (Å²) in [6, 6.07) is 16.9. The van der Waals surface area contributed by atoms with Crippen LogP contribution in [0.3, 0.4) is 0 Å². The van der Waals surface area contributed by atoms with E-state index in [1.165, 1.54) is 23.5 Å². The van der Waals surface area contributed by atoms with Gasteiger partial charge in [0.05, 0.1) is 22.0 Å². The van der Waals surface area contributed by atoms with Crippen LogP contribution < -0.4 is 14.8 Å². The molecule has 3 aromatic rings. The number of hydrogen-bond donors (Lipinski definition) is 3. The molecule has 0 radical (unpaired) electrons. The fourth-order valence-electron chi connectivity index (χ4n) is 5.48. The highest BCUT2D eigenvalue weighted by Crippen LogP contribution is 2.37. The first-order chi connectivity index (χ1) is 20.5. The van der Waals surface area contributed by atoms with Crippen molar-refractivity contribution >= 4 is 20.0 Å². The predicted molar refractivity (Wildman–Crippen MR) is 162 cm³/mol. The van der Waals surface area contributed by atoms with Gasteiger partial charge in [-0.25, -0.2) is 21.6 Å². The standard InChI is InChI=1S/C30H38N4O7S2/c1-22-9-10-24(18-32-22)23-5-3-8-29(15-23)43(38,39)34-13-11-30(12-14-34)17-25(20-41-30)33-19-26(35)21-40-27-6-4-7-28(16-27)42(36,37)31-2/h3-10,15-16,18,25-26,31,33,35H,11-14,17,19-21H2,1-2H3/t25?,26-/m0/s1. The number of nitrogens with one attached hydrogen (secondary N) is 2. The third-order valence-corrected chi connectivity index (χ3v) is 11.3. The normalized spacial score (nSPS) is 19.8. The lowest BCUT2D eigenvalue weighted by Crippen LogP contribution is -2.47. The molecule has 2 aliphatic heterocycles. The minimum Gasteiger partial charge on any atom is -0.491 e. The van der Waals surface area contributed by atoms with Crippen molar-refractivity contribution in [2.75, 3.05) is 39.9 Å². The van der Waals surface area contributed by atoms with Crippen molar-refractivity contribution < 1.29 is 31.4 Å². The van der Waals surface area contributed by atoms with Crippen LogP contribution in [0.2, 0.25) is 0 Å². The average molecular weight is 631 g/mol. The number of pyridine rings is 1. The van der Waals surface area contributed by atoms with E-state index in [1.807, 2.05) is 25.1 Å². The molecule has 11 nitrogen and oxygen atoms in total. The maximum Gasteiger partial charge on any atom is 0.243 e. The monoisotopic (exact) mass is 630 g/mol. The summed E-state index contributed by atoms with van der Waals surface area (Å²) in [5.41, 5.74) is 2.16. The summed E-state index contributed by atoms with van der Waals surface area (Å²) in [4.78, 5) is 4.67. The Hall–Kier alpha value is -2.91. The number of aryl methyl sites for hydroxylation is 1. The van der Waals surface area contributed by atoms with Crippen molar-refractivity contribution in [1.29, 1.82) is 0 Å². The molecular formula is C30H38N4O7S2. The van der Waals surface area contributed by atoms with E-state index in [0.29, 0.717) is 44.7 Å². The van der Waals surface area contributed by atoms with Crippen LogP contribution in [-0.2, 0) is 24.8 Å². The van der Waals surface area contributed by atoms with Crippen LogP contribution in [0.4, 0.5) is 0 Å². The number of aliphatic hydroxyl groups is 1. The Morgan fingerprint density at radius 1 is 1.05 bits per heavy atom. The molecule has 43 heavy (non-hydrogen) atoms. The number of piperidine rings is 1. The van der Waals surface area contributed by atoms with Gasteiger partial charge in [-0.2, -0.15) is 4.31 Å². The summed E-state index contributed by atoms with van der Waals surface area (Å²) >= 11 is 0. The number of rotatable bonds is 11. The molecular weight excluding hydrogens is 592 g/mol. The molecule has 1 spiro atoms. The van der Waals surface area contributed by atoms with E-state index in [9.17, 15) is 21.9 Å². The van der Waals surface area contributed by atoms with E-state index in [0.717, 1.165) is 16.8 Å². The highest BCUT2D eigenvalue weighted by Gasteiger charge is 2.44. The first-order valence-electron chi connectivity index (χ1n) is 14.2. The topological polar surface area (TPSA) is 147 Å². The SMILES string of the molecule is CNS(=O)(=O)c1cccc(OC[C@@H](O)CNC2COC3(CCN(S(=O)(=O)c4cccc(-c5ccc(C)nc5)c4)CC3)C2)c1. The van der Waals surface area contributed by atoms with Crippen molar-refractivity contribution in [2.45, 2.75) is 53.7 Å². The lowest BCUT2D eigenvalue weighted by atomic mass is 9.88. The summed E-state index contributed by atoms with van der Waals surface area (Å²) in [5.74, 6) is 0.346. The van der Waals surface area contributed by atoms with Gasteiger partial charge in [-0.1, -0.05) is 24.3 Å². The van der Waals surface area contributed by atoms with Gasteiger partial charge in [0.2, 0.25) is 20.0 Å². The Labute approximate surface area is 253 Å². The minimum atomic E-state index is -3.67. The van der Waals surface area contributed by atoms with Gasteiger partial charge < -0.3 is 19.9 Å². The predicted octanol–water partition coefficient (Wildman–Crippen LogP) is 2.31. The molecule has 1 aromatic heterocycles. The Balaban J connectivity index is 1.10. The lowest BCUT2D eigenvalue weighted by molar-refractivity contribution is -0.0312. The van der Waals surface area contributed by atoms with Gasteiger partial charge in [-0.3, -0.25) is 4.98 Å². The summed E-state index contributed by atoms with van der Waals surface area (Å²) in [7, 11) is -5.92. The maximum absolute atomic E-state index is 13.5. The van der Waals surface area contributed by atoms with E-state index in [-0.39, 0.29) is 29.0 Å². The second-order valence-corrected chi connectivity index (χ2v) is 14.9. The molecule has 2 aromatic carbocycles. The first-order valence-corrected chi connectivity index (χ1v) is 17.2. The molecule has 0 saturated carbocycles. The van der Waals surface area contributed by atoms with Crippen LogP contribution in [0.1, 0.15) is 25.0 Å². The van der Waals surface area contributed by atoms with Gasteiger partial charge in [-0.05, 0) is 69.1 Å². The van der Waals surface area contributed by atoms with Gasteiger partial charge in [0.25, 0.3) is 0 Å². The molecule has 2 atom stereocenters. The third-order valence-electron chi connectivity index (χ3n) is 8.03. The smallest absolute Gasteiger partial charge is 0.243 e. The number of aromatic nitrogens is 1. The Bertz CT molecular complexity index is 1620. The first kappa shape index (κ1) is 31.5. The highest BCUT2D eigenvalue weighted by molar-refractivity contribution is 7.89. The van der Waals surface area contributed by atoms with Gasteiger partial charge in [0.15, 0.2) is 0 Å². The fraction of sp³-hybridized carbons (Fsp3) is 0.433. The van der Waals surface area contributed by atoms with E-state index in [2.05, 4.69) is 15.0 Å². The number of ether oxygens (including phenoxy) is 2. The van der Waals surface area contributed by atoms with Gasteiger partial charge in [0.1, 0.15) is 18.5 Å². The summed E-state index contributed by atoms with van der Waals surface area (Å²) in [6.07, 6.45) is 2.82. The van der Waals surface area contributed by atoms with Gasteiger partial charge in [0, 0.05) is 49.2 Å². The molecule has 2 saturated heterocycles. The third kappa shape index (κ3) is 7.43. The van der Waals surface area contributed by atoms with E-state index in [4.69, 9.17) is 9.47 Å². The fourth-order valence-corrected chi connectivity index (χ4v) is 7.74. The Kier molecular flexibility index (Phi) is 9.52. The molecule has 13 heteroatoms. The van der Waals surface area contributed by atoms with Crippen molar-refractivity contribution in [3.63, 3.8) is 0 Å². The number of benzene rings is 2. The van der Waals surface area contributed by atoms with Crippen molar-refractivity contribution in [3.8, 4) is 16.9 Å². The largest absolute Gasteiger partial charge is 0.491 e. The van der Waals surface area contributed by atoms with E-state index < -0.39 is 31.8 Å². The quantitative estimate of drug-likeness (QED) is 0.290. The van der Waals surface area contributed by atoms with Crippen molar-refractivity contribution in [2.24, 2.45) is 0 Å². The van der Waals surface area contributed by atoms with Crippen LogP contribution in [0.25, 0.3) is 11.1 Å². The summed E-state index contributed by atoms with van der Waals surface area (Å²) in [6.45, 7) is 3.37. The average Bonchev–Trinajstić information content (AvgIpc) is 3.41. The van der Waals surface area contributed by atoms with Crippen molar-refractivity contribution in [3.05, 3.63) is 72.6 Å². The van der Waals surface area contributed by atoms with Crippen LogP contribution >= 0.6 is 0 Å². The number of sulfonamides is 2. The van der Waals surface area contributed by atoms with Crippen molar-refractivity contribution in [1.82, 2.24) is 19.3 Å². The molecule has 3 heterocycles. The molecule has 2 aliphatic rings. The highest BCUT2D eigenvalue weighted by atomic mass is 32.2. The molecule has 5 rings (SSSR count). The maximum atomic E-state index is 13.5. The molecule has 1 unspecified atom stereocenters.